The van der Waals surface area contributed by atoms with Gasteiger partial charge in [-0.3, -0.25) is 4.79 Å². The Bertz CT molecular complexity index is 472. The van der Waals surface area contributed by atoms with Crippen molar-refractivity contribution in [3.63, 3.8) is 0 Å². The molecule has 0 aliphatic heterocycles. The molecular formula is C9H9NO2S. The molecule has 0 aliphatic rings. The van der Waals surface area contributed by atoms with Gasteiger partial charge in [-0.1, -0.05) is 16.3 Å². The molecular weight excluding hydrogens is 186 g/mol. The van der Waals surface area contributed by atoms with Gasteiger partial charge in [0.15, 0.2) is 0 Å². The van der Waals surface area contributed by atoms with E-state index in [1.54, 1.807) is 0 Å². The Hall–Kier alpha value is -1.29. The second-order valence-electron chi connectivity index (χ2n) is 2.57. The van der Waals surface area contributed by atoms with Crippen molar-refractivity contribution in [3.8, 4) is 0 Å². The normalized spacial score (nSPS) is 10.5. The van der Waals surface area contributed by atoms with E-state index in [1.807, 2.05) is 31.2 Å². The molecule has 0 saturated heterocycles. The molecule has 2 aromatic rings. The molecule has 0 fully saturated rings. The van der Waals surface area contributed by atoms with E-state index < -0.39 is 0 Å². The first-order valence-corrected chi connectivity index (χ1v) is 4.84. The highest BCUT2D eigenvalue weighted by Crippen LogP contribution is 2.14. The third kappa shape index (κ3) is 1.33. The Labute approximate surface area is 79.3 Å². The maximum Gasteiger partial charge on any atom is 0.302 e. The van der Waals surface area contributed by atoms with Gasteiger partial charge in [0.25, 0.3) is 0 Å². The maximum atomic E-state index is 11.6. The summed E-state index contributed by atoms with van der Waals surface area (Å²) in [5.41, 5.74) is -0.0672. The molecule has 0 saturated carbocycles. The van der Waals surface area contributed by atoms with Gasteiger partial charge < -0.3 is 4.84 Å². The van der Waals surface area contributed by atoms with Crippen molar-refractivity contribution in [1.82, 2.24) is 4.12 Å². The molecule has 0 aliphatic carbocycles. The van der Waals surface area contributed by atoms with Crippen LogP contribution in [0.5, 0.6) is 0 Å². The number of benzene rings is 1. The first-order chi connectivity index (χ1) is 6.33. The van der Waals surface area contributed by atoms with Crippen molar-refractivity contribution in [2.75, 3.05) is 6.61 Å². The van der Waals surface area contributed by atoms with Crippen molar-refractivity contribution in [1.29, 1.82) is 0 Å². The highest BCUT2D eigenvalue weighted by Gasteiger charge is 2.05. The van der Waals surface area contributed by atoms with Gasteiger partial charge >= 0.3 is 5.56 Å². The zero-order valence-electron chi connectivity index (χ0n) is 7.19. The number of nitrogens with zero attached hydrogens (tertiary/aromatic N) is 1. The molecule has 1 aromatic carbocycles. The lowest BCUT2D eigenvalue weighted by atomic mass is 10.3. The molecule has 0 bridgehead atoms. The van der Waals surface area contributed by atoms with Crippen LogP contribution in [-0.2, 0) is 0 Å². The van der Waals surface area contributed by atoms with Crippen LogP contribution in [0.2, 0.25) is 0 Å². The van der Waals surface area contributed by atoms with Crippen LogP contribution in [0.25, 0.3) is 10.1 Å². The summed E-state index contributed by atoms with van der Waals surface area (Å²) >= 11 is 1.33. The molecule has 1 aromatic heterocycles. The average Bonchev–Trinajstić information content (AvgIpc) is 2.46. The SMILES string of the molecule is CCOn1sc2ccccc2c1=O. The van der Waals surface area contributed by atoms with Crippen LogP contribution < -0.4 is 10.4 Å². The smallest absolute Gasteiger partial charge is 0.302 e. The Morgan fingerprint density at radius 3 is 2.92 bits per heavy atom. The van der Waals surface area contributed by atoms with Gasteiger partial charge in [0.05, 0.1) is 10.1 Å². The Morgan fingerprint density at radius 1 is 1.46 bits per heavy atom. The fourth-order valence-corrected chi connectivity index (χ4v) is 2.07. The second kappa shape index (κ2) is 3.22. The molecule has 2 rings (SSSR count). The van der Waals surface area contributed by atoms with Crippen LogP contribution in [0.15, 0.2) is 29.1 Å². The quantitative estimate of drug-likeness (QED) is 0.727. The summed E-state index contributed by atoms with van der Waals surface area (Å²) in [6, 6.07) is 7.49. The van der Waals surface area contributed by atoms with E-state index >= 15 is 0 Å². The summed E-state index contributed by atoms with van der Waals surface area (Å²) in [5.74, 6) is 0. The Balaban J connectivity index is 2.67. The molecule has 0 unspecified atom stereocenters. The lowest BCUT2D eigenvalue weighted by Gasteiger charge is -1.96. The highest BCUT2D eigenvalue weighted by atomic mass is 32.1. The van der Waals surface area contributed by atoms with Crippen LogP contribution in [0.4, 0.5) is 0 Å². The fraction of sp³-hybridized carbons (Fsp3) is 0.222. The molecule has 0 atom stereocenters. The molecule has 3 nitrogen and oxygen atoms in total. The number of hydrogen-bond acceptors (Lipinski definition) is 3. The molecule has 0 spiro atoms. The van der Waals surface area contributed by atoms with E-state index in [1.165, 1.54) is 15.7 Å². The van der Waals surface area contributed by atoms with Gasteiger partial charge in [0.1, 0.15) is 6.61 Å². The van der Waals surface area contributed by atoms with E-state index in [2.05, 4.69) is 0 Å². The molecule has 1 heterocycles. The van der Waals surface area contributed by atoms with E-state index in [4.69, 9.17) is 4.84 Å². The van der Waals surface area contributed by atoms with Gasteiger partial charge in [-0.05, 0) is 30.6 Å². The number of fused-ring (bicyclic) bond motifs is 1. The van der Waals surface area contributed by atoms with Crippen LogP contribution in [0.1, 0.15) is 6.92 Å². The van der Waals surface area contributed by atoms with Crippen LogP contribution >= 0.6 is 11.5 Å². The van der Waals surface area contributed by atoms with E-state index in [0.717, 1.165) is 10.1 Å². The van der Waals surface area contributed by atoms with Crippen molar-refractivity contribution in [3.05, 3.63) is 34.6 Å². The van der Waals surface area contributed by atoms with Crippen LogP contribution in [-0.4, -0.2) is 10.7 Å². The van der Waals surface area contributed by atoms with E-state index in [9.17, 15) is 4.79 Å². The van der Waals surface area contributed by atoms with Crippen LogP contribution in [0, 0.1) is 0 Å². The van der Waals surface area contributed by atoms with Gasteiger partial charge in [0.2, 0.25) is 0 Å². The third-order valence-corrected chi connectivity index (χ3v) is 2.70. The molecule has 0 radical (unpaired) electrons. The minimum atomic E-state index is -0.0672. The van der Waals surface area contributed by atoms with Gasteiger partial charge in [-0.15, -0.1) is 0 Å². The summed E-state index contributed by atoms with van der Waals surface area (Å²) in [7, 11) is 0. The van der Waals surface area contributed by atoms with Crippen molar-refractivity contribution in [2.45, 2.75) is 6.92 Å². The van der Waals surface area contributed by atoms with Gasteiger partial charge in [0, 0.05) is 0 Å². The number of hydrogen-bond donors (Lipinski definition) is 0. The second-order valence-corrected chi connectivity index (χ2v) is 3.52. The molecule has 4 heteroatoms. The molecule has 0 N–H and O–H groups in total. The fourth-order valence-electron chi connectivity index (χ4n) is 1.15. The summed E-state index contributed by atoms with van der Waals surface area (Å²) in [6.45, 7) is 2.36. The topological polar surface area (TPSA) is 31.2 Å². The Morgan fingerprint density at radius 2 is 2.23 bits per heavy atom. The number of aromatic nitrogens is 1. The third-order valence-electron chi connectivity index (χ3n) is 1.71. The minimum absolute atomic E-state index is 0.0672. The molecule has 68 valence electrons. The van der Waals surface area contributed by atoms with Crippen molar-refractivity contribution >= 4 is 21.6 Å². The zero-order chi connectivity index (χ0) is 9.26. The standard InChI is InChI=1S/C9H9NO2S/c1-2-12-10-9(11)7-5-3-4-6-8(7)13-10/h3-6H,2H2,1H3. The monoisotopic (exact) mass is 195 g/mol. The van der Waals surface area contributed by atoms with Crippen molar-refractivity contribution in [2.24, 2.45) is 0 Å². The summed E-state index contributed by atoms with van der Waals surface area (Å²) < 4.78 is 2.28. The average molecular weight is 195 g/mol. The number of rotatable bonds is 2. The van der Waals surface area contributed by atoms with Gasteiger partial charge in [-0.25, -0.2) is 0 Å². The first kappa shape index (κ1) is 8.31. The maximum absolute atomic E-state index is 11.6. The predicted molar refractivity (Wildman–Crippen MR) is 53.2 cm³/mol. The molecule has 0 amide bonds. The van der Waals surface area contributed by atoms with Crippen molar-refractivity contribution < 1.29 is 4.84 Å². The minimum Gasteiger partial charge on any atom is -0.401 e. The Kier molecular flexibility index (Phi) is 2.06. The zero-order valence-corrected chi connectivity index (χ0v) is 8.00. The lowest BCUT2D eigenvalue weighted by Crippen LogP contribution is -2.20. The van der Waals surface area contributed by atoms with E-state index in [-0.39, 0.29) is 5.56 Å². The predicted octanol–water partition coefficient (Wildman–Crippen LogP) is 1.51. The van der Waals surface area contributed by atoms with Crippen LogP contribution in [0.3, 0.4) is 0 Å². The largest absolute Gasteiger partial charge is 0.401 e. The summed E-state index contributed by atoms with van der Waals surface area (Å²) in [5, 5.41) is 0.723. The summed E-state index contributed by atoms with van der Waals surface area (Å²) in [4.78, 5) is 16.7. The molecule has 13 heavy (non-hydrogen) atoms. The summed E-state index contributed by atoms with van der Waals surface area (Å²) in [6.07, 6.45) is 0. The van der Waals surface area contributed by atoms with Gasteiger partial charge in [-0.2, -0.15) is 0 Å². The lowest BCUT2D eigenvalue weighted by molar-refractivity contribution is 0.141. The van der Waals surface area contributed by atoms with E-state index in [0.29, 0.717) is 6.61 Å². The first-order valence-electron chi connectivity index (χ1n) is 4.07. The highest BCUT2D eigenvalue weighted by molar-refractivity contribution is 7.13.